The molecule has 0 aliphatic carbocycles. The molecule has 1 atom stereocenters. The first-order valence-corrected chi connectivity index (χ1v) is 9.02. The van der Waals surface area contributed by atoms with E-state index < -0.39 is 18.0 Å². The molecule has 2 rings (SSSR count). The molecule has 0 saturated carbocycles. The zero-order valence-corrected chi connectivity index (χ0v) is 16.5. The summed E-state index contributed by atoms with van der Waals surface area (Å²) in [6, 6.07) is 5.76. The van der Waals surface area contributed by atoms with E-state index in [4.69, 9.17) is 16.3 Å². The van der Waals surface area contributed by atoms with Crippen molar-refractivity contribution in [2.75, 3.05) is 0 Å². The van der Waals surface area contributed by atoms with Crippen LogP contribution in [0, 0.1) is 18.7 Å². The van der Waals surface area contributed by atoms with Crippen molar-refractivity contribution < 1.29 is 18.7 Å². The van der Waals surface area contributed by atoms with Gasteiger partial charge >= 0.3 is 5.97 Å². The number of amides is 1. The first kappa shape index (κ1) is 20.9. The van der Waals surface area contributed by atoms with Crippen molar-refractivity contribution in [2.45, 2.75) is 46.9 Å². The lowest BCUT2D eigenvalue weighted by molar-refractivity contribution is -0.129. The average Bonchev–Trinajstić information content (AvgIpc) is 2.86. The molecule has 1 amide bonds. The highest BCUT2D eigenvalue weighted by molar-refractivity contribution is 6.32. The van der Waals surface area contributed by atoms with Gasteiger partial charge in [0.25, 0.3) is 5.91 Å². The van der Waals surface area contributed by atoms with Crippen molar-refractivity contribution in [1.29, 1.82) is 0 Å². The molecular weight excluding hydrogens is 373 g/mol. The predicted octanol–water partition coefficient (Wildman–Crippen LogP) is 3.50. The lowest BCUT2D eigenvalue weighted by Crippen LogP contribution is -2.35. The number of aromatic nitrogens is 2. The quantitative estimate of drug-likeness (QED) is 0.728. The van der Waals surface area contributed by atoms with E-state index in [0.717, 1.165) is 5.56 Å². The number of carbonyl (C=O) groups is 2. The molecule has 0 aliphatic rings. The van der Waals surface area contributed by atoms with Gasteiger partial charge in [-0.2, -0.15) is 5.10 Å². The molecule has 1 heterocycles. The van der Waals surface area contributed by atoms with Gasteiger partial charge in [0.05, 0.1) is 5.69 Å². The SMILES string of the molecule is Cc1nn(CC(C)C)c(Cl)c1C(=O)O[C@@H](C)C(=O)NCc1ccc(F)cc1. The molecule has 27 heavy (non-hydrogen) atoms. The Kier molecular flexibility index (Phi) is 6.96. The van der Waals surface area contributed by atoms with Crippen LogP contribution in [-0.2, 0) is 22.6 Å². The van der Waals surface area contributed by atoms with Crippen LogP contribution in [0.5, 0.6) is 0 Å². The molecule has 1 aromatic heterocycles. The Bertz CT molecular complexity index is 818. The van der Waals surface area contributed by atoms with Crippen molar-refractivity contribution in [3.05, 3.63) is 52.1 Å². The van der Waals surface area contributed by atoms with Crippen molar-refractivity contribution in [3.63, 3.8) is 0 Å². The maximum Gasteiger partial charge on any atom is 0.343 e. The molecule has 0 saturated heterocycles. The number of hydrogen-bond donors (Lipinski definition) is 1. The third-order valence-electron chi connectivity index (χ3n) is 3.84. The number of nitrogens with zero attached hydrogens (tertiary/aromatic N) is 2. The fourth-order valence-corrected chi connectivity index (χ4v) is 2.78. The van der Waals surface area contributed by atoms with Gasteiger partial charge in [0.2, 0.25) is 0 Å². The molecule has 0 aliphatic heterocycles. The highest BCUT2D eigenvalue weighted by atomic mass is 35.5. The van der Waals surface area contributed by atoms with Crippen LogP contribution < -0.4 is 5.32 Å². The highest BCUT2D eigenvalue weighted by Crippen LogP contribution is 2.22. The summed E-state index contributed by atoms with van der Waals surface area (Å²) in [6.07, 6.45) is -1.01. The summed E-state index contributed by atoms with van der Waals surface area (Å²) >= 11 is 6.25. The van der Waals surface area contributed by atoms with E-state index in [0.29, 0.717) is 18.2 Å². The van der Waals surface area contributed by atoms with Crippen LogP contribution >= 0.6 is 11.6 Å². The van der Waals surface area contributed by atoms with Gasteiger partial charge in [-0.3, -0.25) is 9.48 Å². The lowest BCUT2D eigenvalue weighted by Gasteiger charge is -2.13. The standard InChI is InChI=1S/C19H23ClFN3O3/c1-11(2)10-24-17(20)16(12(3)23-24)19(26)27-13(4)18(25)22-9-14-5-7-15(21)8-6-14/h5-8,11,13H,9-10H2,1-4H3,(H,22,25)/t13-/m0/s1. The van der Waals surface area contributed by atoms with Gasteiger partial charge in [0, 0.05) is 13.1 Å². The van der Waals surface area contributed by atoms with E-state index in [1.807, 2.05) is 13.8 Å². The van der Waals surface area contributed by atoms with Crippen molar-refractivity contribution >= 4 is 23.5 Å². The molecule has 0 fully saturated rings. The molecule has 2 aromatic rings. The molecule has 0 bridgehead atoms. The van der Waals surface area contributed by atoms with E-state index in [2.05, 4.69) is 10.4 Å². The number of ether oxygens (including phenoxy) is 1. The second-order valence-corrected chi connectivity index (χ2v) is 7.08. The summed E-state index contributed by atoms with van der Waals surface area (Å²) in [6.45, 7) is 7.93. The lowest BCUT2D eigenvalue weighted by atomic mass is 10.2. The number of carbonyl (C=O) groups excluding carboxylic acids is 2. The van der Waals surface area contributed by atoms with E-state index >= 15 is 0 Å². The zero-order chi connectivity index (χ0) is 20.1. The number of rotatable bonds is 7. The fourth-order valence-electron chi connectivity index (χ4n) is 2.46. The Morgan fingerprint density at radius 1 is 1.26 bits per heavy atom. The van der Waals surface area contributed by atoms with Gasteiger partial charge in [-0.05, 0) is 37.5 Å². The van der Waals surface area contributed by atoms with E-state index in [1.165, 1.54) is 19.1 Å². The van der Waals surface area contributed by atoms with Gasteiger partial charge in [-0.25, -0.2) is 9.18 Å². The second-order valence-electron chi connectivity index (χ2n) is 6.72. The van der Waals surface area contributed by atoms with Crippen LogP contribution in [-0.4, -0.2) is 27.8 Å². The van der Waals surface area contributed by atoms with Crippen LogP contribution in [0.4, 0.5) is 4.39 Å². The maximum atomic E-state index is 12.9. The summed E-state index contributed by atoms with van der Waals surface area (Å²) in [7, 11) is 0. The van der Waals surface area contributed by atoms with Gasteiger partial charge in [0.15, 0.2) is 6.10 Å². The van der Waals surface area contributed by atoms with E-state index in [1.54, 1.807) is 23.7 Å². The first-order chi connectivity index (χ1) is 12.7. The fraction of sp³-hybridized carbons (Fsp3) is 0.421. The Morgan fingerprint density at radius 2 is 1.89 bits per heavy atom. The van der Waals surface area contributed by atoms with Crippen LogP contribution in [0.2, 0.25) is 5.15 Å². The minimum absolute atomic E-state index is 0.163. The number of halogens is 2. The Labute approximate surface area is 162 Å². The van der Waals surface area contributed by atoms with Gasteiger partial charge in [-0.15, -0.1) is 0 Å². The van der Waals surface area contributed by atoms with Crippen LogP contribution in [0.25, 0.3) is 0 Å². The normalized spacial score (nSPS) is 12.1. The molecule has 146 valence electrons. The van der Waals surface area contributed by atoms with Crippen LogP contribution in [0.1, 0.15) is 42.4 Å². The summed E-state index contributed by atoms with van der Waals surface area (Å²) in [5.41, 5.74) is 1.34. The Morgan fingerprint density at radius 3 is 2.48 bits per heavy atom. The topological polar surface area (TPSA) is 73.2 Å². The van der Waals surface area contributed by atoms with E-state index in [9.17, 15) is 14.0 Å². The molecule has 6 nitrogen and oxygen atoms in total. The minimum Gasteiger partial charge on any atom is -0.449 e. The maximum absolute atomic E-state index is 12.9. The summed E-state index contributed by atoms with van der Waals surface area (Å²) < 4.78 is 19.7. The van der Waals surface area contributed by atoms with E-state index in [-0.39, 0.29) is 23.1 Å². The van der Waals surface area contributed by atoms with Crippen molar-refractivity contribution in [1.82, 2.24) is 15.1 Å². The largest absolute Gasteiger partial charge is 0.449 e. The second kappa shape index (κ2) is 8.99. The molecule has 0 radical (unpaired) electrons. The summed E-state index contributed by atoms with van der Waals surface area (Å²) in [5.74, 6) is -1.20. The average molecular weight is 396 g/mol. The third-order valence-corrected chi connectivity index (χ3v) is 4.22. The summed E-state index contributed by atoms with van der Waals surface area (Å²) in [5, 5.41) is 7.10. The highest BCUT2D eigenvalue weighted by Gasteiger charge is 2.25. The molecule has 1 N–H and O–H groups in total. The predicted molar refractivity (Wildman–Crippen MR) is 99.9 cm³/mol. The number of benzene rings is 1. The number of nitrogens with one attached hydrogen (secondary N) is 1. The van der Waals surface area contributed by atoms with Crippen LogP contribution in [0.15, 0.2) is 24.3 Å². The van der Waals surface area contributed by atoms with Crippen LogP contribution in [0.3, 0.4) is 0 Å². The van der Waals surface area contributed by atoms with Crippen molar-refractivity contribution in [3.8, 4) is 0 Å². The van der Waals surface area contributed by atoms with Gasteiger partial charge in [0.1, 0.15) is 16.5 Å². The third kappa shape index (κ3) is 5.53. The molecule has 0 unspecified atom stereocenters. The zero-order valence-electron chi connectivity index (χ0n) is 15.8. The molecule has 8 heteroatoms. The minimum atomic E-state index is -1.01. The first-order valence-electron chi connectivity index (χ1n) is 8.65. The summed E-state index contributed by atoms with van der Waals surface area (Å²) in [4.78, 5) is 24.6. The monoisotopic (exact) mass is 395 g/mol. The number of aryl methyl sites for hydroxylation is 1. The van der Waals surface area contributed by atoms with Gasteiger partial charge in [-0.1, -0.05) is 37.6 Å². The molecule has 0 spiro atoms. The van der Waals surface area contributed by atoms with Gasteiger partial charge < -0.3 is 10.1 Å². The number of esters is 1. The Balaban J connectivity index is 1.97. The smallest absolute Gasteiger partial charge is 0.343 e. The molecule has 1 aromatic carbocycles. The Hall–Kier alpha value is -2.41. The van der Waals surface area contributed by atoms with Crippen molar-refractivity contribution in [2.24, 2.45) is 5.92 Å². The number of hydrogen-bond acceptors (Lipinski definition) is 4. The molecular formula is C19H23ClFN3O3.